The summed E-state index contributed by atoms with van der Waals surface area (Å²) in [5, 5.41) is 21.4. The van der Waals surface area contributed by atoms with E-state index in [1.54, 1.807) is 0 Å². The van der Waals surface area contributed by atoms with E-state index < -0.39 is 15.2 Å². The number of rotatable bonds is 12. The Labute approximate surface area is 310 Å². The first kappa shape index (κ1) is 48.0. The summed E-state index contributed by atoms with van der Waals surface area (Å²) in [5.74, 6) is 0.553. The maximum atomic E-state index is 12.3. The van der Waals surface area contributed by atoms with Gasteiger partial charge in [0.1, 0.15) is 11.5 Å². The maximum Gasteiger partial charge on any atom is 0.332 e. The van der Waals surface area contributed by atoms with E-state index in [0.29, 0.717) is 13.2 Å². The second kappa shape index (κ2) is 18.6. The van der Waals surface area contributed by atoms with Gasteiger partial charge in [-0.1, -0.05) is 134 Å². The van der Waals surface area contributed by atoms with Crippen LogP contribution in [0.2, 0.25) is 0 Å². The summed E-state index contributed by atoms with van der Waals surface area (Å²) in [6.07, 6.45) is 3.29. The quantitative estimate of drug-likeness (QED) is 0.0951. The molecule has 0 saturated heterocycles. The molecule has 2 atom stereocenters. The van der Waals surface area contributed by atoms with Crippen molar-refractivity contribution in [1.82, 2.24) is 0 Å². The van der Waals surface area contributed by atoms with E-state index in [1.165, 1.54) is 0 Å². The second-order valence-corrected chi connectivity index (χ2v) is 20.7. The van der Waals surface area contributed by atoms with E-state index in [0.717, 1.165) is 59.1 Å². The Balaban J connectivity index is 0.000000922. The molecule has 2 rings (SSSR count). The van der Waals surface area contributed by atoms with Crippen LogP contribution in [-0.4, -0.2) is 33.2 Å². The van der Waals surface area contributed by atoms with Crippen LogP contribution in [0.15, 0.2) is 24.3 Å². The standard InChI is InChI=1S/2C19H33O4P.Zn/c2*1-8-9-10-23-24(21,22)13-14-11-15(18(2,3)4)17(20)16(12-14)19(5,6)7;/h2*11-12,20H,8-10,13H2,1-7H3,(H,21,22);. The molecule has 0 aliphatic rings. The van der Waals surface area contributed by atoms with Gasteiger partial charge in [-0.15, -0.1) is 0 Å². The zero-order valence-corrected chi connectivity index (χ0v) is 37.7. The molecule has 0 saturated carbocycles. The minimum absolute atomic E-state index is 0. The molecular weight excluding hydrogens is 712 g/mol. The Morgan fingerprint density at radius 3 is 0.939 bits per heavy atom. The first-order valence-corrected chi connectivity index (χ1v) is 20.7. The average Bonchev–Trinajstić information content (AvgIpc) is 2.88. The molecule has 49 heavy (non-hydrogen) atoms. The van der Waals surface area contributed by atoms with Crippen molar-refractivity contribution in [3.05, 3.63) is 57.6 Å². The molecule has 0 aliphatic heterocycles. The van der Waals surface area contributed by atoms with Gasteiger partial charge in [0.05, 0.1) is 25.5 Å². The molecule has 8 nitrogen and oxygen atoms in total. The minimum atomic E-state index is -3.69. The maximum absolute atomic E-state index is 12.3. The van der Waals surface area contributed by atoms with Gasteiger partial charge in [-0.3, -0.25) is 9.13 Å². The molecule has 278 valence electrons. The van der Waals surface area contributed by atoms with Crippen molar-refractivity contribution in [2.75, 3.05) is 13.2 Å². The molecule has 0 heterocycles. The Bertz CT molecular complexity index is 1260. The molecule has 0 spiro atoms. The van der Waals surface area contributed by atoms with Gasteiger partial charge in [0.15, 0.2) is 0 Å². The summed E-state index contributed by atoms with van der Waals surface area (Å²) in [7, 11) is -7.37. The zero-order chi connectivity index (χ0) is 37.5. The first-order chi connectivity index (χ1) is 21.6. The fourth-order valence-corrected chi connectivity index (χ4v) is 7.41. The fourth-order valence-electron chi connectivity index (χ4n) is 5.11. The largest absolute Gasteiger partial charge is 0.507 e. The minimum Gasteiger partial charge on any atom is -0.507 e. The van der Waals surface area contributed by atoms with Crippen LogP contribution in [0.3, 0.4) is 0 Å². The molecule has 4 N–H and O–H groups in total. The monoisotopic (exact) mass is 776 g/mol. The molecule has 0 aliphatic carbocycles. The number of unbranched alkanes of at least 4 members (excludes halogenated alkanes) is 2. The van der Waals surface area contributed by atoms with Crippen LogP contribution in [0, 0.1) is 0 Å². The molecule has 11 heteroatoms. The number of aromatic hydroxyl groups is 2. The van der Waals surface area contributed by atoms with Crippen LogP contribution < -0.4 is 0 Å². The van der Waals surface area contributed by atoms with Crippen LogP contribution >= 0.6 is 15.2 Å². The van der Waals surface area contributed by atoms with Crippen LogP contribution in [-0.2, 0) is 71.6 Å². The predicted octanol–water partition coefficient (Wildman–Crippen LogP) is 11.0. The van der Waals surface area contributed by atoms with Gasteiger partial charge in [-0.25, -0.2) is 0 Å². The molecule has 2 aromatic rings. The molecule has 0 fully saturated rings. The molecule has 2 unspecified atom stereocenters. The van der Waals surface area contributed by atoms with E-state index in [2.05, 4.69) is 0 Å². The third kappa shape index (κ3) is 16.0. The summed E-state index contributed by atoms with van der Waals surface area (Å²) < 4.78 is 35.1. The van der Waals surface area contributed by atoms with Gasteiger partial charge >= 0.3 is 15.2 Å². The molecule has 0 bridgehead atoms. The third-order valence-corrected chi connectivity index (χ3v) is 10.6. The van der Waals surface area contributed by atoms with Crippen LogP contribution in [0.5, 0.6) is 11.5 Å². The average molecular weight is 778 g/mol. The van der Waals surface area contributed by atoms with Gasteiger partial charge in [0, 0.05) is 19.5 Å². The van der Waals surface area contributed by atoms with Gasteiger partial charge in [0.25, 0.3) is 0 Å². The molecule has 0 radical (unpaired) electrons. The number of phenolic OH excluding ortho intramolecular Hbond substituents is 2. The van der Waals surface area contributed by atoms with Crippen LogP contribution in [0.4, 0.5) is 0 Å². The number of phenols is 2. The van der Waals surface area contributed by atoms with Crippen LogP contribution in [0.1, 0.15) is 156 Å². The fraction of sp³-hybridized carbons (Fsp3) is 0.684. The van der Waals surface area contributed by atoms with Crippen molar-refractivity contribution in [3.8, 4) is 11.5 Å². The van der Waals surface area contributed by atoms with E-state index in [-0.39, 0.29) is 65.0 Å². The van der Waals surface area contributed by atoms with Crippen molar-refractivity contribution in [2.45, 2.75) is 157 Å². The summed E-state index contributed by atoms with van der Waals surface area (Å²) in [6, 6.07) is 7.32. The van der Waals surface area contributed by atoms with E-state index >= 15 is 0 Å². The predicted molar refractivity (Wildman–Crippen MR) is 200 cm³/mol. The molecular formula is C38H66O8P2Zn. The Morgan fingerprint density at radius 1 is 0.531 bits per heavy atom. The van der Waals surface area contributed by atoms with Crippen molar-refractivity contribution >= 4 is 15.2 Å². The first-order valence-electron chi connectivity index (χ1n) is 17.2. The van der Waals surface area contributed by atoms with E-state index in [1.807, 2.05) is 121 Å². The summed E-state index contributed by atoms with van der Waals surface area (Å²) in [4.78, 5) is 20.2. The van der Waals surface area contributed by atoms with Crippen molar-refractivity contribution in [3.63, 3.8) is 0 Å². The Morgan fingerprint density at radius 2 is 0.755 bits per heavy atom. The van der Waals surface area contributed by atoms with Crippen LogP contribution in [0.25, 0.3) is 0 Å². The number of hydrogen-bond donors (Lipinski definition) is 4. The Kier molecular flexibility index (Phi) is 18.2. The van der Waals surface area contributed by atoms with Crippen molar-refractivity contribution in [1.29, 1.82) is 0 Å². The van der Waals surface area contributed by atoms with Gasteiger partial charge < -0.3 is 29.0 Å². The Hall–Kier alpha value is -1.04. The number of hydrogen-bond acceptors (Lipinski definition) is 6. The summed E-state index contributed by atoms with van der Waals surface area (Å²) in [6.45, 7) is 28.9. The van der Waals surface area contributed by atoms with Crippen molar-refractivity contribution < 1.29 is 57.7 Å². The third-order valence-electron chi connectivity index (χ3n) is 7.92. The SMILES string of the molecule is CCCCOP(=O)(O)Cc1cc(C(C)(C)C)c(O)c(C(C)(C)C)c1.CCCCOP(=O)(O)Cc1cc(C(C)(C)C)c(O)c(C(C)(C)C)c1.[Zn]. The van der Waals surface area contributed by atoms with Gasteiger partial charge in [0.2, 0.25) is 0 Å². The summed E-state index contributed by atoms with van der Waals surface area (Å²) in [5.41, 5.74) is 3.57. The second-order valence-electron chi connectivity index (χ2n) is 17.0. The molecule has 0 aromatic heterocycles. The van der Waals surface area contributed by atoms with Gasteiger partial charge in [-0.05, 0) is 67.9 Å². The van der Waals surface area contributed by atoms with E-state index in [9.17, 15) is 29.1 Å². The van der Waals surface area contributed by atoms with E-state index in [4.69, 9.17) is 9.05 Å². The molecule has 2 aromatic carbocycles. The number of benzene rings is 2. The smallest absolute Gasteiger partial charge is 0.332 e. The molecule has 0 amide bonds. The zero-order valence-electron chi connectivity index (χ0n) is 33.0. The van der Waals surface area contributed by atoms with Gasteiger partial charge in [-0.2, -0.15) is 0 Å². The normalized spacial score (nSPS) is 15.0. The van der Waals surface area contributed by atoms with Crippen molar-refractivity contribution in [2.24, 2.45) is 0 Å². The summed E-state index contributed by atoms with van der Waals surface area (Å²) >= 11 is 0. The topological polar surface area (TPSA) is 134 Å².